The fourth-order valence-corrected chi connectivity index (χ4v) is 3.86. The van der Waals surface area contributed by atoms with Gasteiger partial charge in [0.25, 0.3) is 0 Å². The minimum absolute atomic E-state index is 0.0190. The molecule has 0 radical (unpaired) electrons. The van der Waals surface area contributed by atoms with Crippen molar-refractivity contribution in [3.8, 4) is 34.1 Å². The Morgan fingerprint density at radius 1 is 1.00 bits per heavy atom. The van der Waals surface area contributed by atoms with Gasteiger partial charge in [-0.2, -0.15) is 0 Å². The molecular formula is C21H18O6. The highest BCUT2D eigenvalue weighted by molar-refractivity contribution is 6.09. The van der Waals surface area contributed by atoms with Crippen LogP contribution in [0, 0.1) is 0 Å². The number of aliphatic hydroxyl groups excluding tert-OH is 1. The first-order valence-corrected chi connectivity index (χ1v) is 8.31. The third-order valence-corrected chi connectivity index (χ3v) is 5.03. The maximum absolute atomic E-state index is 11.7. The van der Waals surface area contributed by atoms with Gasteiger partial charge in [0.2, 0.25) is 0 Å². The van der Waals surface area contributed by atoms with Crippen molar-refractivity contribution in [2.24, 2.45) is 0 Å². The summed E-state index contributed by atoms with van der Waals surface area (Å²) in [6.07, 6.45) is -0.285. The number of benzene rings is 3. The molecule has 0 aromatic heterocycles. The minimum Gasteiger partial charge on any atom is -0.504 e. The second kappa shape index (κ2) is 6.17. The number of hydrogen-bond acceptors (Lipinski definition) is 6. The molecule has 0 aliphatic heterocycles. The molecule has 0 unspecified atom stereocenters. The number of rotatable bonds is 4. The van der Waals surface area contributed by atoms with Gasteiger partial charge in [0, 0.05) is 22.1 Å². The van der Waals surface area contributed by atoms with Crippen LogP contribution < -0.4 is 14.2 Å². The highest BCUT2D eigenvalue weighted by Gasteiger charge is 2.34. The molecule has 0 bridgehead atoms. The van der Waals surface area contributed by atoms with Crippen LogP contribution in [0.2, 0.25) is 0 Å². The van der Waals surface area contributed by atoms with Crippen LogP contribution in [0.4, 0.5) is 0 Å². The average Bonchev–Trinajstić information content (AvgIpc) is 2.98. The molecule has 138 valence electrons. The first-order chi connectivity index (χ1) is 13.0. The molecule has 0 saturated heterocycles. The number of methoxy groups -OCH3 is 3. The van der Waals surface area contributed by atoms with Crippen molar-refractivity contribution in [1.29, 1.82) is 0 Å². The molecule has 2 N–H and O–H groups in total. The summed E-state index contributed by atoms with van der Waals surface area (Å²) in [5.74, 6) is 1.25. The lowest BCUT2D eigenvalue weighted by molar-refractivity contribution is 0.111. The molecule has 6 nitrogen and oxygen atoms in total. The number of carbonyl (C=O) groups is 1. The fourth-order valence-electron chi connectivity index (χ4n) is 3.86. The van der Waals surface area contributed by atoms with Crippen LogP contribution in [0.1, 0.15) is 27.6 Å². The molecule has 0 spiro atoms. The molecule has 0 heterocycles. The fraction of sp³-hybridized carbons (Fsp3) is 0.190. The minimum atomic E-state index is -1.01. The van der Waals surface area contributed by atoms with E-state index in [1.54, 1.807) is 24.3 Å². The number of aliphatic hydroxyl groups is 1. The summed E-state index contributed by atoms with van der Waals surface area (Å²) in [6, 6.07) is 8.39. The van der Waals surface area contributed by atoms with Crippen LogP contribution >= 0.6 is 0 Å². The lowest BCUT2D eigenvalue weighted by Gasteiger charge is -2.15. The standard InChI is InChI=1S/C21H18O6/c1-25-15-7-12-13(8-16(15)26-2)20(24)17-11(9-22)6-10-4-5-14(23)21(27-3)18(10)19(12)17/h4-9,20,23-24H,1-3H3/t20-/m1/s1. The van der Waals surface area contributed by atoms with Crippen molar-refractivity contribution >= 4 is 17.1 Å². The molecule has 6 heteroatoms. The summed E-state index contributed by atoms with van der Waals surface area (Å²) in [7, 11) is 4.52. The molecule has 27 heavy (non-hydrogen) atoms. The van der Waals surface area contributed by atoms with Crippen molar-refractivity contribution in [3.63, 3.8) is 0 Å². The van der Waals surface area contributed by atoms with Crippen molar-refractivity contribution in [2.75, 3.05) is 21.3 Å². The van der Waals surface area contributed by atoms with E-state index in [9.17, 15) is 15.0 Å². The van der Waals surface area contributed by atoms with Crippen molar-refractivity contribution in [2.45, 2.75) is 6.10 Å². The zero-order valence-electron chi connectivity index (χ0n) is 15.1. The summed E-state index contributed by atoms with van der Waals surface area (Å²) in [5.41, 5.74) is 2.81. The van der Waals surface area contributed by atoms with Gasteiger partial charge in [-0.1, -0.05) is 6.07 Å². The summed E-state index contributed by atoms with van der Waals surface area (Å²) < 4.78 is 16.2. The molecule has 3 aromatic carbocycles. The van der Waals surface area contributed by atoms with E-state index in [2.05, 4.69) is 0 Å². The molecule has 0 fully saturated rings. The van der Waals surface area contributed by atoms with Gasteiger partial charge >= 0.3 is 0 Å². The van der Waals surface area contributed by atoms with Crippen LogP contribution in [0.15, 0.2) is 30.3 Å². The molecule has 1 aliphatic rings. The van der Waals surface area contributed by atoms with Gasteiger partial charge in [0.05, 0.1) is 21.3 Å². The van der Waals surface area contributed by atoms with Crippen LogP contribution in [0.5, 0.6) is 23.0 Å². The molecular weight excluding hydrogens is 348 g/mol. The largest absolute Gasteiger partial charge is 0.504 e. The second-order valence-electron chi connectivity index (χ2n) is 6.29. The van der Waals surface area contributed by atoms with E-state index < -0.39 is 6.10 Å². The Balaban J connectivity index is 2.20. The number of ether oxygens (including phenoxy) is 3. The van der Waals surface area contributed by atoms with Crippen LogP contribution in [0.3, 0.4) is 0 Å². The predicted molar refractivity (Wildman–Crippen MR) is 100 cm³/mol. The predicted octanol–water partition coefficient (Wildman–Crippen LogP) is 3.45. The Morgan fingerprint density at radius 2 is 1.70 bits per heavy atom. The number of aldehydes is 1. The normalized spacial score (nSPS) is 14.6. The number of phenolic OH excluding ortho intramolecular Hbond substituents is 1. The Morgan fingerprint density at radius 3 is 2.33 bits per heavy atom. The summed E-state index contributed by atoms with van der Waals surface area (Å²) in [5, 5.41) is 22.6. The maximum atomic E-state index is 11.7. The van der Waals surface area contributed by atoms with Gasteiger partial charge in [0.1, 0.15) is 12.4 Å². The van der Waals surface area contributed by atoms with Crippen molar-refractivity contribution in [1.82, 2.24) is 0 Å². The molecule has 4 rings (SSSR count). The lowest BCUT2D eigenvalue weighted by Crippen LogP contribution is -2.00. The summed E-state index contributed by atoms with van der Waals surface area (Å²) in [4.78, 5) is 11.7. The number of aromatic hydroxyl groups is 1. The van der Waals surface area contributed by atoms with E-state index in [-0.39, 0.29) is 11.5 Å². The van der Waals surface area contributed by atoms with Crippen LogP contribution in [-0.2, 0) is 0 Å². The van der Waals surface area contributed by atoms with Crippen LogP contribution in [0.25, 0.3) is 21.9 Å². The SMILES string of the molecule is COc1cc2c(cc1OC)[C@@H](O)c1c(C=O)cc3ccc(O)c(OC)c3c1-2. The van der Waals surface area contributed by atoms with Crippen molar-refractivity contribution < 1.29 is 29.2 Å². The lowest BCUT2D eigenvalue weighted by atomic mass is 9.93. The first kappa shape index (κ1) is 17.2. The number of fused-ring (bicyclic) bond motifs is 5. The Bertz CT molecular complexity index is 1090. The highest BCUT2D eigenvalue weighted by Crippen LogP contribution is 2.54. The number of phenols is 1. The Kier molecular flexibility index (Phi) is 3.93. The van der Waals surface area contributed by atoms with E-state index >= 15 is 0 Å². The highest BCUT2D eigenvalue weighted by atomic mass is 16.5. The first-order valence-electron chi connectivity index (χ1n) is 8.31. The Hall–Kier alpha value is -3.25. The summed E-state index contributed by atoms with van der Waals surface area (Å²) >= 11 is 0. The molecule has 0 amide bonds. The van der Waals surface area contributed by atoms with Gasteiger partial charge in [-0.15, -0.1) is 0 Å². The van der Waals surface area contributed by atoms with E-state index in [1.165, 1.54) is 27.4 Å². The van der Waals surface area contributed by atoms with Gasteiger partial charge in [0.15, 0.2) is 23.0 Å². The van der Waals surface area contributed by atoms with E-state index in [4.69, 9.17) is 14.2 Å². The van der Waals surface area contributed by atoms with Gasteiger partial charge < -0.3 is 24.4 Å². The topological polar surface area (TPSA) is 85.2 Å². The Labute approximate surface area is 155 Å². The quantitative estimate of drug-likeness (QED) is 0.688. The van der Waals surface area contributed by atoms with Crippen molar-refractivity contribution in [3.05, 3.63) is 47.0 Å². The maximum Gasteiger partial charge on any atom is 0.168 e. The smallest absolute Gasteiger partial charge is 0.168 e. The van der Waals surface area contributed by atoms with Gasteiger partial charge in [-0.25, -0.2) is 0 Å². The number of hydrogen-bond donors (Lipinski definition) is 2. The third-order valence-electron chi connectivity index (χ3n) is 5.03. The van der Waals surface area contributed by atoms with E-state index in [0.717, 1.165) is 11.7 Å². The number of carbonyl (C=O) groups excluding carboxylic acids is 1. The second-order valence-corrected chi connectivity index (χ2v) is 6.29. The monoisotopic (exact) mass is 366 g/mol. The molecule has 1 atom stereocenters. The van der Waals surface area contributed by atoms with E-state index in [0.29, 0.717) is 44.7 Å². The zero-order valence-corrected chi connectivity index (χ0v) is 15.1. The average molecular weight is 366 g/mol. The molecule has 1 aliphatic carbocycles. The zero-order chi connectivity index (χ0) is 19.3. The summed E-state index contributed by atoms with van der Waals surface area (Å²) in [6.45, 7) is 0. The van der Waals surface area contributed by atoms with Gasteiger partial charge in [-0.05, 0) is 40.8 Å². The molecule has 0 saturated carbocycles. The van der Waals surface area contributed by atoms with Gasteiger partial charge in [-0.3, -0.25) is 4.79 Å². The van der Waals surface area contributed by atoms with Crippen LogP contribution in [-0.4, -0.2) is 37.8 Å². The third kappa shape index (κ3) is 2.27. The molecule has 3 aromatic rings. The van der Waals surface area contributed by atoms with E-state index in [1.807, 2.05) is 0 Å².